The molecular weight excluding hydrogens is 336 g/mol. The van der Waals surface area contributed by atoms with E-state index in [-0.39, 0.29) is 17.7 Å². The van der Waals surface area contributed by atoms with Gasteiger partial charge in [0.2, 0.25) is 11.8 Å². The summed E-state index contributed by atoms with van der Waals surface area (Å²) in [6, 6.07) is 5.00. The van der Waals surface area contributed by atoms with Gasteiger partial charge in [0.1, 0.15) is 17.8 Å². The van der Waals surface area contributed by atoms with E-state index in [0.717, 1.165) is 0 Å². The molecule has 0 bridgehead atoms. The van der Waals surface area contributed by atoms with Gasteiger partial charge in [-0.05, 0) is 24.5 Å². The maximum absolute atomic E-state index is 12.6. The predicted molar refractivity (Wildman–Crippen MR) is 95.8 cm³/mol. The van der Waals surface area contributed by atoms with Crippen LogP contribution in [0.1, 0.15) is 20.3 Å². The summed E-state index contributed by atoms with van der Waals surface area (Å²) < 4.78 is 5.13. The van der Waals surface area contributed by atoms with Crippen molar-refractivity contribution >= 4 is 23.5 Å². The van der Waals surface area contributed by atoms with Crippen LogP contribution >= 0.6 is 0 Å². The van der Waals surface area contributed by atoms with Gasteiger partial charge in [0, 0.05) is 18.3 Å². The molecule has 2 fully saturated rings. The van der Waals surface area contributed by atoms with Crippen molar-refractivity contribution in [3.63, 3.8) is 0 Å². The van der Waals surface area contributed by atoms with Crippen LogP contribution in [-0.2, 0) is 9.59 Å². The molecule has 2 saturated heterocycles. The summed E-state index contributed by atoms with van der Waals surface area (Å²) in [5.41, 5.74) is 0.584. The molecule has 8 heteroatoms. The highest BCUT2D eigenvalue weighted by Gasteiger charge is 2.49. The number of carbonyl (C=O) groups is 3. The van der Waals surface area contributed by atoms with Gasteiger partial charge in [-0.1, -0.05) is 19.9 Å². The van der Waals surface area contributed by atoms with Gasteiger partial charge in [-0.25, -0.2) is 4.79 Å². The van der Waals surface area contributed by atoms with Gasteiger partial charge in [0.25, 0.3) is 0 Å². The van der Waals surface area contributed by atoms with E-state index < -0.39 is 24.2 Å². The number of hydrogen-bond acceptors (Lipinski definition) is 4. The Balaban J connectivity index is 1.65. The third kappa shape index (κ3) is 3.44. The molecule has 140 valence electrons. The minimum absolute atomic E-state index is 0.0239. The number of fused-ring (bicyclic) bond motifs is 1. The van der Waals surface area contributed by atoms with Crippen molar-refractivity contribution in [1.29, 1.82) is 0 Å². The zero-order valence-electron chi connectivity index (χ0n) is 15.1. The first-order valence-corrected chi connectivity index (χ1v) is 8.73. The van der Waals surface area contributed by atoms with Gasteiger partial charge in [0.05, 0.1) is 13.2 Å². The van der Waals surface area contributed by atoms with Crippen LogP contribution in [-0.4, -0.2) is 54.5 Å². The van der Waals surface area contributed by atoms with E-state index >= 15 is 0 Å². The van der Waals surface area contributed by atoms with Crippen LogP contribution in [0.5, 0.6) is 5.75 Å². The quantitative estimate of drug-likeness (QED) is 0.744. The zero-order valence-corrected chi connectivity index (χ0v) is 15.1. The van der Waals surface area contributed by atoms with E-state index in [1.54, 1.807) is 36.3 Å². The van der Waals surface area contributed by atoms with Gasteiger partial charge in [0.15, 0.2) is 0 Å². The van der Waals surface area contributed by atoms with E-state index in [2.05, 4.69) is 16.0 Å². The number of rotatable bonds is 4. The normalized spacial score (nSPS) is 24.9. The molecule has 26 heavy (non-hydrogen) atoms. The summed E-state index contributed by atoms with van der Waals surface area (Å²) in [6.07, 6.45) is 0.542. The van der Waals surface area contributed by atoms with E-state index in [1.165, 1.54) is 0 Å². The summed E-state index contributed by atoms with van der Waals surface area (Å²) in [5, 5.41) is 8.33. The van der Waals surface area contributed by atoms with Crippen molar-refractivity contribution in [2.24, 2.45) is 5.92 Å². The number of benzene rings is 1. The molecule has 3 unspecified atom stereocenters. The number of hydrogen-bond donors (Lipinski definition) is 3. The number of methoxy groups -OCH3 is 1. The highest BCUT2D eigenvalue weighted by molar-refractivity contribution is 5.99. The molecule has 0 aliphatic carbocycles. The van der Waals surface area contributed by atoms with Crippen LogP contribution in [0.25, 0.3) is 0 Å². The number of carbonyl (C=O) groups excluding carboxylic acids is 3. The molecule has 0 saturated carbocycles. The SMILES string of the molecule is COc1cccc(NC(=O)NC2CCN3C(=O)C(C(C)C)NC(=O)C23)c1. The second kappa shape index (κ2) is 7.23. The molecule has 2 heterocycles. The standard InChI is InChI=1S/C18H24N4O4/c1-10(2)14-17(24)22-8-7-13(15(22)16(23)21-14)20-18(25)19-11-5-4-6-12(9-11)26-3/h4-6,9-10,13-15H,7-8H2,1-3H3,(H,21,23)(H2,19,20,25). The number of ether oxygens (including phenoxy) is 1. The van der Waals surface area contributed by atoms with Crippen LogP contribution in [0.3, 0.4) is 0 Å². The maximum atomic E-state index is 12.6. The van der Waals surface area contributed by atoms with Crippen LogP contribution in [0.15, 0.2) is 24.3 Å². The Morgan fingerprint density at radius 1 is 1.35 bits per heavy atom. The van der Waals surface area contributed by atoms with Gasteiger partial charge >= 0.3 is 6.03 Å². The summed E-state index contributed by atoms with van der Waals surface area (Å²) in [6.45, 7) is 4.26. The fourth-order valence-corrected chi connectivity index (χ4v) is 3.48. The molecule has 0 radical (unpaired) electrons. The fourth-order valence-electron chi connectivity index (χ4n) is 3.48. The van der Waals surface area contributed by atoms with Gasteiger partial charge in [-0.2, -0.15) is 0 Å². The van der Waals surface area contributed by atoms with Crippen molar-refractivity contribution in [2.45, 2.75) is 38.4 Å². The van der Waals surface area contributed by atoms with Crippen molar-refractivity contribution < 1.29 is 19.1 Å². The topological polar surface area (TPSA) is 99.8 Å². The molecule has 3 atom stereocenters. The monoisotopic (exact) mass is 360 g/mol. The Morgan fingerprint density at radius 2 is 2.12 bits per heavy atom. The molecule has 2 aliphatic heterocycles. The largest absolute Gasteiger partial charge is 0.497 e. The lowest BCUT2D eigenvalue weighted by Gasteiger charge is -2.37. The predicted octanol–water partition coefficient (Wildman–Crippen LogP) is 0.941. The van der Waals surface area contributed by atoms with Crippen molar-refractivity contribution in [3.05, 3.63) is 24.3 Å². The Morgan fingerprint density at radius 3 is 2.81 bits per heavy atom. The molecule has 0 spiro atoms. The van der Waals surface area contributed by atoms with Crippen molar-refractivity contribution in [1.82, 2.24) is 15.5 Å². The van der Waals surface area contributed by atoms with E-state index in [1.807, 2.05) is 13.8 Å². The lowest BCUT2D eigenvalue weighted by Crippen LogP contribution is -2.66. The molecule has 8 nitrogen and oxygen atoms in total. The van der Waals surface area contributed by atoms with Crippen LogP contribution in [0, 0.1) is 5.92 Å². The molecule has 4 amide bonds. The summed E-state index contributed by atoms with van der Waals surface area (Å²) in [7, 11) is 1.55. The van der Waals surface area contributed by atoms with Gasteiger partial charge in [-0.15, -0.1) is 0 Å². The third-order valence-electron chi connectivity index (χ3n) is 4.82. The van der Waals surface area contributed by atoms with Crippen LogP contribution in [0.4, 0.5) is 10.5 Å². The Bertz CT molecular complexity index is 721. The summed E-state index contributed by atoms with van der Waals surface area (Å²) in [4.78, 5) is 38.9. The maximum Gasteiger partial charge on any atom is 0.319 e. The smallest absolute Gasteiger partial charge is 0.319 e. The van der Waals surface area contributed by atoms with E-state index in [9.17, 15) is 14.4 Å². The lowest BCUT2D eigenvalue weighted by atomic mass is 9.97. The number of nitrogens with zero attached hydrogens (tertiary/aromatic N) is 1. The summed E-state index contributed by atoms with van der Waals surface area (Å²) >= 11 is 0. The molecule has 3 rings (SSSR count). The molecule has 1 aromatic carbocycles. The second-order valence-corrected chi connectivity index (χ2v) is 6.93. The summed E-state index contributed by atoms with van der Waals surface area (Å²) in [5.74, 6) is 0.358. The first-order chi connectivity index (χ1) is 12.4. The Hall–Kier alpha value is -2.77. The van der Waals surface area contributed by atoms with Gasteiger partial charge in [-0.3, -0.25) is 9.59 Å². The average Bonchev–Trinajstić information content (AvgIpc) is 3.02. The number of piperazine rings is 1. The molecule has 2 aliphatic rings. The molecule has 1 aromatic rings. The van der Waals surface area contributed by atoms with Gasteiger partial charge < -0.3 is 25.6 Å². The van der Waals surface area contributed by atoms with Crippen LogP contribution in [0.2, 0.25) is 0 Å². The number of amides is 4. The highest BCUT2D eigenvalue weighted by Crippen LogP contribution is 2.25. The van der Waals surface area contributed by atoms with Crippen molar-refractivity contribution in [2.75, 3.05) is 19.0 Å². The molecule has 0 aromatic heterocycles. The minimum Gasteiger partial charge on any atom is -0.497 e. The average molecular weight is 360 g/mol. The first-order valence-electron chi connectivity index (χ1n) is 8.73. The van der Waals surface area contributed by atoms with E-state index in [4.69, 9.17) is 4.74 Å². The molecule has 3 N–H and O–H groups in total. The Kier molecular flexibility index (Phi) is 5.01. The highest BCUT2D eigenvalue weighted by atomic mass is 16.5. The van der Waals surface area contributed by atoms with Crippen molar-refractivity contribution in [3.8, 4) is 5.75 Å². The van der Waals surface area contributed by atoms with E-state index in [0.29, 0.717) is 24.4 Å². The minimum atomic E-state index is -0.659. The Labute approximate surface area is 152 Å². The fraction of sp³-hybridized carbons (Fsp3) is 0.500. The third-order valence-corrected chi connectivity index (χ3v) is 4.82. The number of urea groups is 1. The zero-order chi connectivity index (χ0) is 18.8. The molecular formula is C18H24N4O4. The number of anilines is 1. The number of nitrogens with one attached hydrogen (secondary N) is 3. The second-order valence-electron chi connectivity index (χ2n) is 6.93. The lowest BCUT2D eigenvalue weighted by molar-refractivity contribution is -0.148. The first kappa shape index (κ1) is 18.0. The van der Waals surface area contributed by atoms with Crippen LogP contribution < -0.4 is 20.7 Å².